The Bertz CT molecular complexity index is 814. The molecule has 1 amide bonds. The molecule has 1 aliphatic carbocycles. The lowest BCUT2D eigenvalue weighted by atomic mass is 10.2. The number of benzene rings is 1. The minimum atomic E-state index is -3.08. The largest absolute Gasteiger partial charge is 0.493 e. The molecule has 1 heterocycles. The molecular weight excluding hydrogens is 382 g/mol. The van der Waals surface area contributed by atoms with Crippen molar-refractivity contribution >= 4 is 21.7 Å². The van der Waals surface area contributed by atoms with Gasteiger partial charge in [-0.15, -0.1) is 0 Å². The van der Waals surface area contributed by atoms with Crippen LogP contribution in [0.5, 0.6) is 5.75 Å². The molecule has 0 radical (unpaired) electrons. The third-order valence-corrected chi connectivity index (χ3v) is 6.58. The zero-order valence-corrected chi connectivity index (χ0v) is 17.1. The summed E-state index contributed by atoms with van der Waals surface area (Å²) in [6.07, 6.45) is 2.19. The first-order valence-corrected chi connectivity index (χ1v) is 11.5. The van der Waals surface area contributed by atoms with Gasteiger partial charge in [0.05, 0.1) is 23.7 Å². The summed E-state index contributed by atoms with van der Waals surface area (Å²) < 4.78 is 34.2. The zero-order valence-electron chi connectivity index (χ0n) is 16.3. The van der Waals surface area contributed by atoms with E-state index in [9.17, 15) is 18.0 Å². The molecular formula is C20H27NO6S. The van der Waals surface area contributed by atoms with Gasteiger partial charge in [-0.25, -0.2) is 13.2 Å². The summed E-state index contributed by atoms with van der Waals surface area (Å²) in [5.74, 6) is 0.275. The second-order valence-corrected chi connectivity index (χ2v) is 10.1. The molecule has 154 valence electrons. The molecule has 1 aliphatic heterocycles. The predicted octanol–water partition coefficient (Wildman–Crippen LogP) is 2.06. The first-order valence-electron chi connectivity index (χ1n) is 9.67. The van der Waals surface area contributed by atoms with Crippen LogP contribution in [0.4, 0.5) is 0 Å². The monoisotopic (exact) mass is 409 g/mol. The van der Waals surface area contributed by atoms with Gasteiger partial charge in [0.1, 0.15) is 5.75 Å². The van der Waals surface area contributed by atoms with Crippen molar-refractivity contribution in [3.05, 3.63) is 29.8 Å². The molecule has 28 heavy (non-hydrogen) atoms. The lowest BCUT2D eigenvalue weighted by Gasteiger charge is -2.28. The predicted molar refractivity (Wildman–Crippen MR) is 104 cm³/mol. The summed E-state index contributed by atoms with van der Waals surface area (Å²) in [4.78, 5) is 26.5. The van der Waals surface area contributed by atoms with Crippen LogP contribution in [-0.4, -0.2) is 62.0 Å². The van der Waals surface area contributed by atoms with Gasteiger partial charge in [0.15, 0.2) is 16.4 Å². The second-order valence-electron chi connectivity index (χ2n) is 7.89. The van der Waals surface area contributed by atoms with Crippen LogP contribution >= 0.6 is 0 Å². The lowest BCUT2D eigenvalue weighted by molar-refractivity contribution is -0.137. The number of carbonyl (C=O) groups is 2. The standard InChI is InChI=1S/C20H27NO6S/c1-14(2)11-26-18-7-3-15(4-8-18)20(23)27-12-19(22)21(16-5-6-16)17-9-10-28(24,25)13-17/h3-4,7-8,14,16-17H,5-6,9-13H2,1-2H3/t17-/m1/s1. The minimum absolute atomic E-state index is 0.00102. The Morgan fingerprint density at radius 1 is 1.11 bits per heavy atom. The van der Waals surface area contributed by atoms with Crippen LogP contribution in [0.15, 0.2) is 24.3 Å². The highest BCUT2D eigenvalue weighted by atomic mass is 32.2. The van der Waals surface area contributed by atoms with Crippen molar-refractivity contribution in [3.63, 3.8) is 0 Å². The van der Waals surface area contributed by atoms with Crippen molar-refractivity contribution in [1.29, 1.82) is 0 Å². The van der Waals surface area contributed by atoms with Gasteiger partial charge in [-0.2, -0.15) is 0 Å². The Morgan fingerprint density at radius 2 is 1.79 bits per heavy atom. The number of carbonyl (C=O) groups excluding carboxylic acids is 2. The SMILES string of the molecule is CC(C)COc1ccc(C(=O)OCC(=O)N(C2CC2)[C@@H]2CCS(=O)(=O)C2)cc1. The van der Waals surface area contributed by atoms with E-state index in [1.54, 1.807) is 29.2 Å². The highest BCUT2D eigenvalue weighted by molar-refractivity contribution is 7.91. The molecule has 1 aromatic carbocycles. The third kappa shape index (κ3) is 5.47. The van der Waals surface area contributed by atoms with E-state index in [0.29, 0.717) is 30.3 Å². The molecule has 0 unspecified atom stereocenters. The van der Waals surface area contributed by atoms with Crippen LogP contribution < -0.4 is 4.74 Å². The van der Waals surface area contributed by atoms with Crippen LogP contribution in [-0.2, 0) is 19.4 Å². The number of ether oxygens (including phenoxy) is 2. The normalized spacial score (nSPS) is 20.8. The van der Waals surface area contributed by atoms with Crippen molar-refractivity contribution in [2.75, 3.05) is 24.7 Å². The van der Waals surface area contributed by atoms with Gasteiger partial charge in [0.25, 0.3) is 5.91 Å². The van der Waals surface area contributed by atoms with E-state index >= 15 is 0 Å². The van der Waals surface area contributed by atoms with Crippen LogP contribution in [0, 0.1) is 5.92 Å². The van der Waals surface area contributed by atoms with Gasteiger partial charge in [0, 0.05) is 12.1 Å². The van der Waals surface area contributed by atoms with E-state index in [-0.39, 0.29) is 36.1 Å². The number of esters is 1. The van der Waals surface area contributed by atoms with Gasteiger partial charge in [-0.3, -0.25) is 4.79 Å². The van der Waals surface area contributed by atoms with E-state index < -0.39 is 15.8 Å². The Balaban J connectivity index is 1.53. The fourth-order valence-corrected chi connectivity index (χ4v) is 5.00. The summed E-state index contributed by atoms with van der Waals surface area (Å²) >= 11 is 0. The van der Waals surface area contributed by atoms with E-state index in [1.807, 2.05) is 0 Å². The van der Waals surface area contributed by atoms with Crippen molar-refractivity contribution in [2.24, 2.45) is 5.92 Å². The van der Waals surface area contributed by atoms with Crippen LogP contribution in [0.3, 0.4) is 0 Å². The van der Waals surface area contributed by atoms with Gasteiger partial charge in [-0.05, 0) is 49.4 Å². The van der Waals surface area contributed by atoms with Crippen LogP contribution in [0.2, 0.25) is 0 Å². The van der Waals surface area contributed by atoms with Crippen molar-refractivity contribution < 1.29 is 27.5 Å². The Morgan fingerprint density at radius 3 is 2.32 bits per heavy atom. The average Bonchev–Trinajstić information content (AvgIpc) is 3.41. The number of nitrogens with zero attached hydrogens (tertiary/aromatic N) is 1. The summed E-state index contributed by atoms with van der Waals surface area (Å²) in [5, 5.41) is 0. The number of hydrogen-bond acceptors (Lipinski definition) is 6. The molecule has 0 aromatic heterocycles. The molecule has 0 bridgehead atoms. The van der Waals surface area contributed by atoms with E-state index in [2.05, 4.69) is 13.8 Å². The fourth-order valence-electron chi connectivity index (χ4n) is 3.29. The number of rotatable bonds is 8. The molecule has 1 aromatic rings. The quantitative estimate of drug-likeness (QED) is 0.611. The van der Waals surface area contributed by atoms with Gasteiger partial charge >= 0.3 is 5.97 Å². The van der Waals surface area contributed by atoms with Crippen LogP contribution in [0.1, 0.15) is 43.5 Å². The molecule has 1 saturated heterocycles. The van der Waals surface area contributed by atoms with E-state index in [0.717, 1.165) is 12.8 Å². The van der Waals surface area contributed by atoms with Crippen molar-refractivity contribution in [3.8, 4) is 5.75 Å². The number of amides is 1. The molecule has 1 atom stereocenters. The van der Waals surface area contributed by atoms with E-state index in [1.165, 1.54) is 0 Å². The molecule has 2 aliphatic rings. The fraction of sp³-hybridized carbons (Fsp3) is 0.600. The van der Waals surface area contributed by atoms with Crippen molar-refractivity contribution in [2.45, 2.75) is 45.2 Å². The Kier molecular flexibility index (Phi) is 6.27. The summed E-state index contributed by atoms with van der Waals surface area (Å²) in [6, 6.07) is 6.36. The summed E-state index contributed by atoms with van der Waals surface area (Å²) in [6.45, 7) is 4.31. The maximum absolute atomic E-state index is 12.6. The van der Waals surface area contributed by atoms with Gasteiger partial charge in [-0.1, -0.05) is 13.8 Å². The Labute approximate surface area is 165 Å². The summed E-state index contributed by atoms with van der Waals surface area (Å²) in [7, 11) is -3.08. The third-order valence-electron chi connectivity index (χ3n) is 4.83. The lowest BCUT2D eigenvalue weighted by Crippen LogP contribution is -2.44. The zero-order chi connectivity index (χ0) is 20.3. The molecule has 0 N–H and O–H groups in total. The number of hydrogen-bond donors (Lipinski definition) is 0. The molecule has 8 heteroatoms. The molecule has 2 fully saturated rings. The van der Waals surface area contributed by atoms with Crippen LogP contribution in [0.25, 0.3) is 0 Å². The highest BCUT2D eigenvalue weighted by Gasteiger charge is 2.42. The molecule has 7 nitrogen and oxygen atoms in total. The molecule has 3 rings (SSSR count). The first-order chi connectivity index (χ1) is 13.2. The Hall–Kier alpha value is -2.09. The highest BCUT2D eigenvalue weighted by Crippen LogP contribution is 2.32. The van der Waals surface area contributed by atoms with E-state index in [4.69, 9.17) is 9.47 Å². The maximum atomic E-state index is 12.6. The van der Waals surface area contributed by atoms with Crippen molar-refractivity contribution in [1.82, 2.24) is 4.90 Å². The topological polar surface area (TPSA) is 90.0 Å². The molecule has 0 spiro atoms. The smallest absolute Gasteiger partial charge is 0.338 e. The molecule has 1 saturated carbocycles. The second kappa shape index (κ2) is 8.51. The van der Waals surface area contributed by atoms with Gasteiger partial charge in [0.2, 0.25) is 0 Å². The summed E-state index contributed by atoms with van der Waals surface area (Å²) in [5.41, 5.74) is 0.339. The average molecular weight is 410 g/mol. The first kappa shape index (κ1) is 20.6. The number of sulfone groups is 1. The maximum Gasteiger partial charge on any atom is 0.338 e. The minimum Gasteiger partial charge on any atom is -0.493 e. The van der Waals surface area contributed by atoms with Gasteiger partial charge < -0.3 is 14.4 Å².